The second-order valence-corrected chi connectivity index (χ2v) is 7.62. The van der Waals surface area contributed by atoms with Crippen LogP contribution in [0.1, 0.15) is 18.3 Å². The number of allylic oxidation sites excluding steroid dienone is 1. The van der Waals surface area contributed by atoms with Gasteiger partial charge in [-0.05, 0) is 43.7 Å². The number of aromatic nitrogens is 3. The summed E-state index contributed by atoms with van der Waals surface area (Å²) in [6.07, 6.45) is 1.76. The summed E-state index contributed by atoms with van der Waals surface area (Å²) in [7, 11) is 0. The van der Waals surface area contributed by atoms with Crippen LogP contribution in [0, 0.1) is 6.92 Å². The SMILES string of the molecule is C=CCn1c(COc2ccc(C)cc2OCC)nnc1SCC(=O)Nc1ccccc1. The van der Waals surface area contributed by atoms with Gasteiger partial charge in [-0.3, -0.25) is 9.36 Å². The van der Waals surface area contributed by atoms with E-state index in [1.807, 2.05) is 66.9 Å². The second-order valence-electron chi connectivity index (χ2n) is 6.67. The molecule has 2 aromatic carbocycles. The fourth-order valence-corrected chi connectivity index (χ4v) is 3.61. The molecule has 1 heterocycles. The summed E-state index contributed by atoms with van der Waals surface area (Å²) in [5.41, 5.74) is 1.86. The van der Waals surface area contributed by atoms with Gasteiger partial charge in [0.15, 0.2) is 22.5 Å². The molecule has 0 saturated heterocycles. The maximum absolute atomic E-state index is 12.3. The number of benzene rings is 2. The van der Waals surface area contributed by atoms with Crippen LogP contribution in [-0.4, -0.2) is 33.0 Å². The molecule has 1 aromatic heterocycles. The Morgan fingerprint density at radius 3 is 2.71 bits per heavy atom. The Morgan fingerprint density at radius 2 is 1.97 bits per heavy atom. The lowest BCUT2D eigenvalue weighted by atomic mass is 10.2. The highest BCUT2D eigenvalue weighted by molar-refractivity contribution is 7.99. The lowest BCUT2D eigenvalue weighted by Crippen LogP contribution is -2.15. The van der Waals surface area contributed by atoms with Crippen LogP contribution in [0.25, 0.3) is 0 Å². The topological polar surface area (TPSA) is 78.3 Å². The molecule has 1 N–H and O–H groups in total. The van der Waals surface area contributed by atoms with Gasteiger partial charge >= 0.3 is 0 Å². The van der Waals surface area contributed by atoms with E-state index in [0.29, 0.717) is 35.6 Å². The molecule has 0 aliphatic heterocycles. The maximum atomic E-state index is 12.3. The minimum atomic E-state index is -0.108. The van der Waals surface area contributed by atoms with Crippen LogP contribution >= 0.6 is 11.8 Å². The quantitative estimate of drug-likeness (QED) is 0.351. The zero-order valence-electron chi connectivity index (χ0n) is 17.7. The highest BCUT2D eigenvalue weighted by Gasteiger charge is 2.15. The molecular weight excluding hydrogens is 412 g/mol. The molecule has 0 bridgehead atoms. The minimum absolute atomic E-state index is 0.108. The first-order chi connectivity index (χ1) is 15.1. The van der Waals surface area contributed by atoms with Crippen molar-refractivity contribution in [3.63, 3.8) is 0 Å². The standard InChI is InChI=1S/C23H26N4O3S/c1-4-13-27-21(15-30-19-12-11-17(3)14-20(19)29-5-2)25-26-23(27)31-16-22(28)24-18-9-7-6-8-10-18/h4,6-12,14H,1,5,13,15-16H2,2-3H3,(H,24,28). The van der Waals surface area contributed by atoms with Crippen molar-refractivity contribution in [2.24, 2.45) is 0 Å². The fourth-order valence-electron chi connectivity index (χ4n) is 2.84. The molecule has 0 aliphatic rings. The average Bonchev–Trinajstić information content (AvgIpc) is 3.14. The number of carbonyl (C=O) groups excluding carboxylic acids is 1. The number of carbonyl (C=O) groups is 1. The summed E-state index contributed by atoms with van der Waals surface area (Å²) in [6, 6.07) is 15.2. The molecule has 3 rings (SSSR count). The maximum Gasteiger partial charge on any atom is 0.234 e. The summed E-state index contributed by atoms with van der Waals surface area (Å²) < 4.78 is 13.5. The number of aryl methyl sites for hydroxylation is 1. The smallest absolute Gasteiger partial charge is 0.234 e. The fraction of sp³-hybridized carbons (Fsp3) is 0.261. The van der Waals surface area contributed by atoms with Crippen molar-refractivity contribution >= 4 is 23.4 Å². The van der Waals surface area contributed by atoms with Crippen molar-refractivity contribution in [1.29, 1.82) is 0 Å². The van der Waals surface area contributed by atoms with Crippen molar-refractivity contribution in [2.75, 3.05) is 17.7 Å². The third-order valence-electron chi connectivity index (χ3n) is 4.25. The summed E-state index contributed by atoms with van der Waals surface area (Å²) in [5, 5.41) is 12.0. The number of anilines is 1. The molecule has 3 aromatic rings. The minimum Gasteiger partial charge on any atom is -0.490 e. The molecule has 0 radical (unpaired) electrons. The van der Waals surface area contributed by atoms with Gasteiger partial charge in [0.05, 0.1) is 12.4 Å². The number of amides is 1. The second kappa shape index (κ2) is 11.2. The molecule has 0 unspecified atom stereocenters. The molecular formula is C23H26N4O3S. The van der Waals surface area contributed by atoms with Crippen molar-refractivity contribution in [3.05, 3.63) is 72.6 Å². The van der Waals surface area contributed by atoms with Gasteiger partial charge in [-0.15, -0.1) is 16.8 Å². The molecule has 162 valence electrons. The van der Waals surface area contributed by atoms with Gasteiger partial charge < -0.3 is 14.8 Å². The van der Waals surface area contributed by atoms with Crippen LogP contribution < -0.4 is 14.8 Å². The van der Waals surface area contributed by atoms with E-state index in [1.54, 1.807) is 6.08 Å². The van der Waals surface area contributed by atoms with E-state index >= 15 is 0 Å². The first-order valence-corrected chi connectivity index (χ1v) is 11.0. The van der Waals surface area contributed by atoms with Crippen LogP contribution in [0.2, 0.25) is 0 Å². The molecule has 1 amide bonds. The van der Waals surface area contributed by atoms with Gasteiger partial charge in [0.2, 0.25) is 5.91 Å². The first-order valence-electron chi connectivity index (χ1n) is 9.97. The number of hydrogen-bond acceptors (Lipinski definition) is 6. The summed E-state index contributed by atoms with van der Waals surface area (Å²) in [4.78, 5) is 12.3. The summed E-state index contributed by atoms with van der Waals surface area (Å²) in [5.74, 6) is 2.11. The zero-order valence-corrected chi connectivity index (χ0v) is 18.5. The Morgan fingerprint density at radius 1 is 1.16 bits per heavy atom. The Kier molecular flexibility index (Phi) is 8.12. The third kappa shape index (κ3) is 6.36. The van der Waals surface area contributed by atoms with Crippen LogP contribution in [0.3, 0.4) is 0 Å². The van der Waals surface area contributed by atoms with Crippen molar-refractivity contribution in [1.82, 2.24) is 14.8 Å². The van der Waals surface area contributed by atoms with E-state index < -0.39 is 0 Å². The van der Waals surface area contributed by atoms with E-state index in [4.69, 9.17) is 9.47 Å². The highest BCUT2D eigenvalue weighted by atomic mass is 32.2. The molecule has 0 aliphatic carbocycles. The average molecular weight is 439 g/mol. The van der Waals surface area contributed by atoms with Crippen LogP contribution in [0.4, 0.5) is 5.69 Å². The van der Waals surface area contributed by atoms with E-state index in [9.17, 15) is 4.79 Å². The Balaban J connectivity index is 1.65. The molecule has 8 heteroatoms. The molecule has 31 heavy (non-hydrogen) atoms. The highest BCUT2D eigenvalue weighted by Crippen LogP contribution is 2.29. The number of ether oxygens (including phenoxy) is 2. The Bertz CT molecular complexity index is 1020. The number of para-hydroxylation sites is 1. The lowest BCUT2D eigenvalue weighted by Gasteiger charge is -2.13. The van der Waals surface area contributed by atoms with E-state index in [0.717, 1.165) is 11.3 Å². The predicted octanol–water partition coefficient (Wildman–Crippen LogP) is 4.48. The van der Waals surface area contributed by atoms with Crippen molar-refractivity contribution < 1.29 is 14.3 Å². The zero-order chi connectivity index (χ0) is 22.1. The number of nitrogens with zero attached hydrogens (tertiary/aromatic N) is 3. The number of hydrogen-bond donors (Lipinski definition) is 1. The molecule has 0 atom stereocenters. The lowest BCUT2D eigenvalue weighted by molar-refractivity contribution is -0.113. The van der Waals surface area contributed by atoms with Crippen LogP contribution in [0.15, 0.2) is 66.3 Å². The molecule has 7 nitrogen and oxygen atoms in total. The summed E-state index contributed by atoms with van der Waals surface area (Å²) in [6.45, 7) is 9.04. The number of thioether (sulfide) groups is 1. The van der Waals surface area contributed by atoms with E-state index in [2.05, 4.69) is 22.1 Å². The van der Waals surface area contributed by atoms with Gasteiger partial charge in [0.1, 0.15) is 6.61 Å². The van der Waals surface area contributed by atoms with Crippen molar-refractivity contribution in [2.45, 2.75) is 32.2 Å². The van der Waals surface area contributed by atoms with Crippen molar-refractivity contribution in [3.8, 4) is 11.5 Å². The van der Waals surface area contributed by atoms with Crippen LogP contribution in [0.5, 0.6) is 11.5 Å². The Labute approximate surface area is 186 Å². The van der Waals surface area contributed by atoms with Gasteiger partial charge in [0, 0.05) is 12.2 Å². The van der Waals surface area contributed by atoms with Gasteiger partial charge in [0.25, 0.3) is 0 Å². The van der Waals surface area contributed by atoms with E-state index in [-0.39, 0.29) is 18.3 Å². The van der Waals surface area contributed by atoms with Gasteiger partial charge in [-0.25, -0.2) is 0 Å². The molecule has 0 spiro atoms. The molecule has 0 fully saturated rings. The number of nitrogens with one attached hydrogen (secondary N) is 1. The monoisotopic (exact) mass is 438 g/mol. The van der Waals surface area contributed by atoms with Gasteiger partial charge in [-0.2, -0.15) is 0 Å². The predicted molar refractivity (Wildman–Crippen MR) is 123 cm³/mol. The number of rotatable bonds is 11. The normalized spacial score (nSPS) is 10.5. The molecule has 0 saturated carbocycles. The largest absolute Gasteiger partial charge is 0.490 e. The van der Waals surface area contributed by atoms with E-state index in [1.165, 1.54) is 11.8 Å². The first kappa shape index (κ1) is 22.4. The summed E-state index contributed by atoms with van der Waals surface area (Å²) >= 11 is 1.32. The van der Waals surface area contributed by atoms with Crippen LogP contribution in [-0.2, 0) is 17.9 Å². The Hall–Kier alpha value is -3.26. The van der Waals surface area contributed by atoms with Gasteiger partial charge in [-0.1, -0.05) is 42.1 Å². The third-order valence-corrected chi connectivity index (χ3v) is 5.22.